The van der Waals surface area contributed by atoms with Crippen molar-refractivity contribution in [1.29, 1.82) is 0 Å². The minimum atomic E-state index is -0.353. The van der Waals surface area contributed by atoms with Gasteiger partial charge in [-0.05, 0) is 36.8 Å². The summed E-state index contributed by atoms with van der Waals surface area (Å²) in [6.07, 6.45) is 0. The molecular formula is C18H14BrClN2O2S. The van der Waals surface area contributed by atoms with Crippen molar-refractivity contribution in [2.24, 2.45) is 0 Å². The molecular weight excluding hydrogens is 424 g/mol. The number of hydrogen-bond acceptors (Lipinski definition) is 3. The Morgan fingerprint density at radius 1 is 1.20 bits per heavy atom. The Labute approximate surface area is 162 Å². The van der Waals surface area contributed by atoms with Crippen molar-refractivity contribution in [2.45, 2.75) is 6.92 Å². The Hall–Kier alpha value is -1.89. The molecule has 0 aliphatic rings. The topological polar surface area (TPSA) is 58.2 Å². The molecule has 2 N–H and O–H groups in total. The molecule has 0 aliphatic heterocycles. The van der Waals surface area contributed by atoms with Crippen LogP contribution in [0.3, 0.4) is 0 Å². The average Bonchev–Trinajstić information content (AvgIpc) is 2.93. The summed E-state index contributed by atoms with van der Waals surface area (Å²) in [4.78, 5) is 24.8. The van der Waals surface area contributed by atoms with E-state index < -0.39 is 0 Å². The predicted molar refractivity (Wildman–Crippen MR) is 107 cm³/mol. The van der Waals surface area contributed by atoms with Crippen molar-refractivity contribution in [3.63, 3.8) is 0 Å². The summed E-state index contributed by atoms with van der Waals surface area (Å²) in [5, 5.41) is 6.63. The van der Waals surface area contributed by atoms with Crippen LogP contribution >= 0.6 is 38.9 Å². The van der Waals surface area contributed by atoms with Crippen LogP contribution in [0.1, 0.15) is 15.2 Å². The maximum Gasteiger partial charge on any atom is 0.263 e. The highest BCUT2D eigenvalue weighted by atomic mass is 79.9. The van der Waals surface area contributed by atoms with Gasteiger partial charge in [-0.3, -0.25) is 9.59 Å². The van der Waals surface area contributed by atoms with Crippen molar-refractivity contribution < 1.29 is 9.59 Å². The molecule has 0 spiro atoms. The third-order valence-electron chi connectivity index (χ3n) is 3.59. The molecule has 25 heavy (non-hydrogen) atoms. The van der Waals surface area contributed by atoms with Crippen molar-refractivity contribution in [2.75, 3.05) is 11.9 Å². The predicted octanol–water partition coefficient (Wildman–Crippen LogP) is 4.99. The Morgan fingerprint density at radius 3 is 2.68 bits per heavy atom. The summed E-state index contributed by atoms with van der Waals surface area (Å²) in [7, 11) is 0. The summed E-state index contributed by atoms with van der Waals surface area (Å²) in [5.74, 6) is -0.652. The number of anilines is 1. The van der Waals surface area contributed by atoms with Gasteiger partial charge in [0.05, 0.1) is 11.6 Å². The van der Waals surface area contributed by atoms with E-state index in [0.29, 0.717) is 15.6 Å². The first-order valence-corrected chi connectivity index (χ1v) is 9.45. The summed E-state index contributed by atoms with van der Waals surface area (Å²) in [5.41, 5.74) is 1.69. The van der Waals surface area contributed by atoms with E-state index in [2.05, 4.69) is 26.6 Å². The summed E-state index contributed by atoms with van der Waals surface area (Å²) < 4.78 is 1.91. The average molecular weight is 438 g/mol. The highest BCUT2D eigenvalue weighted by Crippen LogP contribution is 2.34. The number of carbonyl (C=O) groups is 2. The van der Waals surface area contributed by atoms with E-state index in [9.17, 15) is 9.59 Å². The Morgan fingerprint density at radius 2 is 1.96 bits per heavy atom. The molecule has 0 fully saturated rings. The van der Waals surface area contributed by atoms with Gasteiger partial charge in [0.2, 0.25) is 5.91 Å². The molecule has 0 atom stereocenters. The molecule has 4 nitrogen and oxygen atoms in total. The highest BCUT2D eigenvalue weighted by molar-refractivity contribution is 9.10. The zero-order chi connectivity index (χ0) is 18.0. The van der Waals surface area contributed by atoms with Gasteiger partial charge in [0.15, 0.2) is 0 Å². The molecule has 0 radical (unpaired) electrons. The van der Waals surface area contributed by atoms with Gasteiger partial charge in [0, 0.05) is 20.2 Å². The van der Waals surface area contributed by atoms with Crippen LogP contribution in [0.4, 0.5) is 5.69 Å². The minimum absolute atomic E-state index is 0.126. The van der Waals surface area contributed by atoms with Gasteiger partial charge in [-0.15, -0.1) is 11.3 Å². The molecule has 2 amide bonds. The van der Waals surface area contributed by atoms with E-state index in [-0.39, 0.29) is 18.4 Å². The number of nitrogens with one attached hydrogen (secondary N) is 2. The van der Waals surface area contributed by atoms with Crippen LogP contribution in [0, 0.1) is 6.92 Å². The lowest BCUT2D eigenvalue weighted by Crippen LogP contribution is -2.32. The molecule has 7 heteroatoms. The number of aryl methyl sites for hydroxylation is 1. The number of halogens is 2. The van der Waals surface area contributed by atoms with E-state index in [1.165, 1.54) is 11.3 Å². The zero-order valence-corrected chi connectivity index (χ0v) is 16.4. The zero-order valence-electron chi connectivity index (χ0n) is 13.2. The minimum Gasteiger partial charge on any atom is -0.342 e. The third-order valence-corrected chi connectivity index (χ3v) is 6.16. The second-order valence-electron chi connectivity index (χ2n) is 5.44. The second-order valence-corrected chi connectivity index (χ2v) is 7.72. The largest absolute Gasteiger partial charge is 0.342 e. The normalized spacial score (nSPS) is 10.7. The lowest BCUT2D eigenvalue weighted by Gasteiger charge is -2.08. The number of thiophene rings is 1. The lowest BCUT2D eigenvalue weighted by molar-refractivity contribution is -0.115. The Bertz CT molecular complexity index is 971. The first-order chi connectivity index (χ1) is 12.0. The van der Waals surface area contributed by atoms with Crippen molar-refractivity contribution in [3.8, 4) is 0 Å². The Kier molecular flexibility index (Phi) is 5.42. The van der Waals surface area contributed by atoms with Crippen LogP contribution in [0.15, 0.2) is 46.9 Å². The van der Waals surface area contributed by atoms with Gasteiger partial charge in [0.1, 0.15) is 4.88 Å². The molecule has 0 bridgehead atoms. The van der Waals surface area contributed by atoms with E-state index in [4.69, 9.17) is 11.6 Å². The molecule has 0 saturated heterocycles. The van der Waals surface area contributed by atoms with Crippen molar-refractivity contribution >= 4 is 66.5 Å². The smallest absolute Gasteiger partial charge is 0.263 e. The fourth-order valence-corrected chi connectivity index (χ4v) is 4.01. The third kappa shape index (κ3) is 4.03. The number of amides is 2. The molecule has 2 aromatic carbocycles. The standard InChI is InChI=1S/C18H14BrClN2O2S/c1-10-8-11(6-7-13(10)19)22-15(23)9-21-18(24)17-16(20)12-4-2-3-5-14(12)25-17/h2-8H,9H2,1H3,(H,21,24)(H,22,23). The van der Waals surface area contributed by atoms with Gasteiger partial charge in [0.25, 0.3) is 5.91 Å². The van der Waals surface area contributed by atoms with Crippen LogP contribution in [0.25, 0.3) is 10.1 Å². The summed E-state index contributed by atoms with van der Waals surface area (Å²) in [6, 6.07) is 13.0. The fourth-order valence-electron chi connectivity index (χ4n) is 2.33. The molecule has 1 heterocycles. The monoisotopic (exact) mass is 436 g/mol. The molecule has 3 rings (SSSR count). The maximum atomic E-state index is 12.3. The molecule has 0 saturated carbocycles. The van der Waals surface area contributed by atoms with E-state index in [1.54, 1.807) is 6.07 Å². The molecule has 0 aliphatic carbocycles. The summed E-state index contributed by atoms with van der Waals surface area (Å²) >= 11 is 11.0. The van der Waals surface area contributed by atoms with Crippen LogP contribution in [-0.4, -0.2) is 18.4 Å². The van der Waals surface area contributed by atoms with E-state index >= 15 is 0 Å². The number of hydrogen-bond donors (Lipinski definition) is 2. The summed E-state index contributed by atoms with van der Waals surface area (Å²) in [6.45, 7) is 1.81. The quantitative estimate of drug-likeness (QED) is 0.604. The van der Waals surface area contributed by atoms with E-state index in [0.717, 1.165) is 20.1 Å². The maximum absolute atomic E-state index is 12.3. The molecule has 0 unspecified atom stereocenters. The lowest BCUT2D eigenvalue weighted by atomic mass is 10.2. The first kappa shape index (κ1) is 17.9. The van der Waals surface area contributed by atoms with Crippen molar-refractivity contribution in [3.05, 3.63) is 62.4 Å². The number of rotatable bonds is 4. The van der Waals surface area contributed by atoms with Gasteiger partial charge in [-0.1, -0.05) is 45.7 Å². The first-order valence-electron chi connectivity index (χ1n) is 7.47. The van der Waals surface area contributed by atoms with Crippen LogP contribution in [0.5, 0.6) is 0 Å². The molecule has 1 aromatic heterocycles. The van der Waals surface area contributed by atoms with Crippen LogP contribution in [-0.2, 0) is 4.79 Å². The van der Waals surface area contributed by atoms with Crippen LogP contribution in [0.2, 0.25) is 5.02 Å². The van der Waals surface area contributed by atoms with Crippen LogP contribution < -0.4 is 10.6 Å². The van der Waals surface area contributed by atoms with E-state index in [1.807, 2.05) is 43.3 Å². The Balaban J connectivity index is 1.64. The highest BCUT2D eigenvalue weighted by Gasteiger charge is 2.17. The SMILES string of the molecule is Cc1cc(NC(=O)CNC(=O)c2sc3ccccc3c2Cl)ccc1Br. The second kappa shape index (κ2) is 7.56. The number of benzene rings is 2. The number of fused-ring (bicyclic) bond motifs is 1. The van der Waals surface area contributed by atoms with Gasteiger partial charge in [-0.2, -0.15) is 0 Å². The van der Waals surface area contributed by atoms with Gasteiger partial charge < -0.3 is 10.6 Å². The van der Waals surface area contributed by atoms with Gasteiger partial charge >= 0.3 is 0 Å². The molecule has 128 valence electrons. The number of carbonyl (C=O) groups excluding carboxylic acids is 2. The molecule has 3 aromatic rings. The van der Waals surface area contributed by atoms with Gasteiger partial charge in [-0.25, -0.2) is 0 Å². The fraction of sp³-hybridized carbons (Fsp3) is 0.111. The van der Waals surface area contributed by atoms with Crippen molar-refractivity contribution in [1.82, 2.24) is 5.32 Å².